The van der Waals surface area contributed by atoms with Crippen LogP contribution in [0, 0.1) is 6.92 Å². The third kappa shape index (κ3) is 2.97. The number of nitrogens with one attached hydrogen (secondary N) is 1. The van der Waals surface area contributed by atoms with E-state index in [0.29, 0.717) is 0 Å². The summed E-state index contributed by atoms with van der Waals surface area (Å²) < 4.78 is 0. The van der Waals surface area contributed by atoms with Crippen LogP contribution >= 0.6 is 11.3 Å². The Morgan fingerprint density at radius 1 is 1.22 bits per heavy atom. The summed E-state index contributed by atoms with van der Waals surface area (Å²) in [4.78, 5) is 26.8. The van der Waals surface area contributed by atoms with Gasteiger partial charge in [0.05, 0.1) is 5.39 Å². The Kier molecular flexibility index (Phi) is 4.66. The number of fused-ring (bicyclic) bond motifs is 1. The minimum atomic E-state index is 0.727. The molecule has 0 saturated carbocycles. The first-order valence-corrected chi connectivity index (χ1v) is 8.97. The van der Waals surface area contributed by atoms with Crippen LogP contribution in [-0.2, 0) is 11.2 Å². The predicted octanol–water partition coefficient (Wildman–Crippen LogP) is 2.27. The molecule has 1 amide bonds. The summed E-state index contributed by atoms with van der Waals surface area (Å²) in [6.45, 7) is 10.3. The molecular weight excluding hydrogens is 310 g/mol. The molecular formula is C16H23N5OS. The van der Waals surface area contributed by atoms with Crippen LogP contribution in [0.1, 0.15) is 24.3 Å². The zero-order valence-electron chi connectivity index (χ0n) is 13.9. The number of carbonyl (C=O) groups excluding carboxylic acids is 1. The van der Waals surface area contributed by atoms with Gasteiger partial charge in [0.1, 0.15) is 10.6 Å². The second kappa shape index (κ2) is 6.70. The Morgan fingerprint density at radius 2 is 1.96 bits per heavy atom. The summed E-state index contributed by atoms with van der Waals surface area (Å²) in [6, 6.07) is 0. The molecule has 1 N–H and O–H groups in total. The molecule has 0 unspecified atom stereocenters. The molecule has 1 aliphatic rings. The maximum atomic E-state index is 10.9. The minimum absolute atomic E-state index is 0.727. The number of hydrogen-bond acceptors (Lipinski definition) is 6. The predicted molar refractivity (Wildman–Crippen MR) is 95.5 cm³/mol. The minimum Gasteiger partial charge on any atom is -0.370 e. The van der Waals surface area contributed by atoms with Crippen molar-refractivity contribution in [3.05, 3.63) is 10.4 Å². The molecule has 0 radical (unpaired) electrons. The third-order valence-electron chi connectivity index (χ3n) is 4.28. The van der Waals surface area contributed by atoms with Crippen LogP contribution in [0.25, 0.3) is 10.2 Å². The van der Waals surface area contributed by atoms with Gasteiger partial charge in [-0.15, -0.1) is 11.3 Å². The highest BCUT2D eigenvalue weighted by molar-refractivity contribution is 7.18. The highest BCUT2D eigenvalue weighted by atomic mass is 32.1. The Bertz CT molecular complexity index is 706. The number of amides is 1. The van der Waals surface area contributed by atoms with E-state index in [4.69, 9.17) is 9.97 Å². The van der Waals surface area contributed by atoms with Crippen LogP contribution in [0.5, 0.6) is 0 Å². The fraction of sp³-hybridized carbons (Fsp3) is 0.562. The largest absolute Gasteiger partial charge is 0.370 e. The summed E-state index contributed by atoms with van der Waals surface area (Å²) in [5, 5.41) is 4.57. The van der Waals surface area contributed by atoms with Crippen molar-refractivity contribution in [2.45, 2.75) is 27.2 Å². The second-order valence-corrected chi connectivity index (χ2v) is 6.90. The lowest BCUT2D eigenvalue weighted by Crippen LogP contribution is -2.46. The number of aromatic nitrogens is 2. The van der Waals surface area contributed by atoms with Gasteiger partial charge in [0.15, 0.2) is 0 Å². The van der Waals surface area contributed by atoms with Gasteiger partial charge in [0.2, 0.25) is 12.4 Å². The zero-order chi connectivity index (χ0) is 16.4. The van der Waals surface area contributed by atoms with Crippen LogP contribution in [-0.4, -0.2) is 54.0 Å². The van der Waals surface area contributed by atoms with Crippen LogP contribution in [0.2, 0.25) is 0 Å². The maximum Gasteiger partial charge on any atom is 0.228 e. The molecule has 1 aliphatic heterocycles. The van der Waals surface area contributed by atoms with E-state index < -0.39 is 0 Å². The zero-order valence-corrected chi connectivity index (χ0v) is 14.7. The van der Waals surface area contributed by atoms with Crippen LogP contribution in [0.4, 0.5) is 11.8 Å². The van der Waals surface area contributed by atoms with Crippen molar-refractivity contribution in [3.8, 4) is 0 Å². The van der Waals surface area contributed by atoms with E-state index >= 15 is 0 Å². The number of piperazine rings is 1. The number of rotatable bonds is 5. The van der Waals surface area contributed by atoms with Crippen LogP contribution in [0.3, 0.4) is 0 Å². The fourth-order valence-electron chi connectivity index (χ4n) is 3.05. The van der Waals surface area contributed by atoms with Crippen molar-refractivity contribution in [2.75, 3.05) is 42.9 Å². The van der Waals surface area contributed by atoms with E-state index in [0.717, 1.165) is 62.2 Å². The molecule has 23 heavy (non-hydrogen) atoms. The van der Waals surface area contributed by atoms with Crippen molar-refractivity contribution in [1.82, 2.24) is 14.9 Å². The monoisotopic (exact) mass is 333 g/mol. The molecule has 2 aromatic rings. The normalized spacial score (nSPS) is 15.3. The van der Waals surface area contributed by atoms with E-state index in [1.807, 2.05) is 0 Å². The molecule has 6 nitrogen and oxygen atoms in total. The molecule has 0 atom stereocenters. The van der Waals surface area contributed by atoms with Crippen molar-refractivity contribution >= 4 is 39.7 Å². The SMILES string of the molecule is CCNc1nc(N2CCN(C=O)CC2)nc2sc(C)c(CC)c12. The van der Waals surface area contributed by atoms with Gasteiger partial charge in [-0.05, 0) is 25.8 Å². The Hall–Kier alpha value is -1.89. The van der Waals surface area contributed by atoms with Crippen molar-refractivity contribution in [1.29, 1.82) is 0 Å². The van der Waals surface area contributed by atoms with E-state index in [9.17, 15) is 4.79 Å². The summed E-state index contributed by atoms with van der Waals surface area (Å²) in [5.74, 6) is 1.70. The smallest absolute Gasteiger partial charge is 0.228 e. The molecule has 7 heteroatoms. The van der Waals surface area contributed by atoms with Gasteiger partial charge in [0, 0.05) is 37.6 Å². The number of carbonyl (C=O) groups is 1. The van der Waals surface area contributed by atoms with Crippen molar-refractivity contribution in [3.63, 3.8) is 0 Å². The van der Waals surface area contributed by atoms with Crippen molar-refractivity contribution in [2.24, 2.45) is 0 Å². The fourth-order valence-corrected chi connectivity index (χ4v) is 4.16. The highest BCUT2D eigenvalue weighted by Crippen LogP contribution is 2.35. The molecule has 0 spiro atoms. The molecule has 2 aromatic heterocycles. The Morgan fingerprint density at radius 3 is 2.57 bits per heavy atom. The van der Waals surface area contributed by atoms with Gasteiger partial charge >= 0.3 is 0 Å². The average Bonchev–Trinajstić information content (AvgIpc) is 2.90. The highest BCUT2D eigenvalue weighted by Gasteiger charge is 2.21. The van der Waals surface area contributed by atoms with E-state index in [1.165, 1.54) is 15.8 Å². The molecule has 1 fully saturated rings. The first-order valence-electron chi connectivity index (χ1n) is 8.16. The number of anilines is 2. The summed E-state index contributed by atoms with van der Waals surface area (Å²) in [7, 11) is 0. The maximum absolute atomic E-state index is 10.9. The number of thiophene rings is 1. The second-order valence-electron chi connectivity index (χ2n) is 5.70. The molecule has 0 aromatic carbocycles. The van der Waals surface area contributed by atoms with Gasteiger partial charge in [-0.25, -0.2) is 4.98 Å². The summed E-state index contributed by atoms with van der Waals surface area (Å²) in [6.07, 6.45) is 1.91. The van der Waals surface area contributed by atoms with Crippen molar-refractivity contribution < 1.29 is 4.79 Å². The first kappa shape index (κ1) is 16.0. The molecule has 3 rings (SSSR count). The molecule has 0 aliphatic carbocycles. The Balaban J connectivity index is 2.00. The first-order chi connectivity index (χ1) is 11.2. The standard InChI is InChI=1S/C16H23N5OS/c1-4-12-11(3)23-15-13(12)14(17-5-2)18-16(19-15)21-8-6-20(10-22)7-9-21/h10H,4-9H2,1-3H3,(H,17,18,19). The molecule has 124 valence electrons. The third-order valence-corrected chi connectivity index (χ3v) is 5.33. The summed E-state index contributed by atoms with van der Waals surface area (Å²) >= 11 is 1.74. The lowest BCUT2D eigenvalue weighted by Gasteiger charge is -2.32. The lowest BCUT2D eigenvalue weighted by molar-refractivity contribution is -0.118. The van der Waals surface area contributed by atoms with Gasteiger partial charge in [-0.2, -0.15) is 4.98 Å². The van der Waals surface area contributed by atoms with Gasteiger partial charge in [-0.3, -0.25) is 4.79 Å². The van der Waals surface area contributed by atoms with Gasteiger partial charge in [-0.1, -0.05) is 6.92 Å². The Labute approximate surface area is 140 Å². The topological polar surface area (TPSA) is 61.4 Å². The lowest BCUT2D eigenvalue weighted by atomic mass is 10.1. The molecule has 3 heterocycles. The van der Waals surface area contributed by atoms with Gasteiger partial charge in [0.25, 0.3) is 0 Å². The van der Waals surface area contributed by atoms with Crippen LogP contribution in [0.15, 0.2) is 0 Å². The average molecular weight is 333 g/mol. The molecule has 0 bridgehead atoms. The van der Waals surface area contributed by atoms with Crippen LogP contribution < -0.4 is 10.2 Å². The van der Waals surface area contributed by atoms with E-state index in [-0.39, 0.29) is 0 Å². The van der Waals surface area contributed by atoms with E-state index in [1.54, 1.807) is 16.2 Å². The number of hydrogen-bond donors (Lipinski definition) is 1. The molecule has 1 saturated heterocycles. The number of aryl methyl sites for hydroxylation is 2. The number of nitrogens with zero attached hydrogens (tertiary/aromatic N) is 4. The summed E-state index contributed by atoms with van der Waals surface area (Å²) in [5.41, 5.74) is 1.35. The van der Waals surface area contributed by atoms with Gasteiger partial charge < -0.3 is 15.1 Å². The van der Waals surface area contributed by atoms with E-state index in [2.05, 4.69) is 31.0 Å². The quantitative estimate of drug-likeness (QED) is 0.851.